The Kier molecular flexibility index (Phi) is 8.37. The second kappa shape index (κ2) is 9.75. The summed E-state index contributed by atoms with van der Waals surface area (Å²) in [5.41, 5.74) is 6.44. The van der Waals surface area contributed by atoms with Gasteiger partial charge in [-0.2, -0.15) is 0 Å². The molecule has 1 aromatic carbocycles. The van der Waals surface area contributed by atoms with Crippen molar-refractivity contribution < 1.29 is 9.59 Å². The fourth-order valence-corrected chi connectivity index (χ4v) is 2.80. The van der Waals surface area contributed by atoms with E-state index in [0.29, 0.717) is 23.7 Å². The largest absolute Gasteiger partial charge is 0.354 e. The minimum Gasteiger partial charge on any atom is -0.354 e. The van der Waals surface area contributed by atoms with Crippen LogP contribution in [0.5, 0.6) is 0 Å². The smallest absolute Gasteiger partial charge is 0.251 e. The molecule has 2 rings (SSSR count). The molecule has 4 N–H and O–H groups in total. The molecule has 1 aliphatic carbocycles. The summed E-state index contributed by atoms with van der Waals surface area (Å²) in [6.45, 7) is 0.815. The highest BCUT2D eigenvalue weighted by Gasteiger charge is 2.24. The van der Waals surface area contributed by atoms with Gasteiger partial charge in [0.05, 0.1) is 0 Å². The van der Waals surface area contributed by atoms with Crippen LogP contribution < -0.4 is 16.4 Å². The van der Waals surface area contributed by atoms with Crippen LogP contribution in [-0.2, 0) is 4.79 Å². The highest BCUT2D eigenvalue weighted by molar-refractivity contribution is 6.30. The van der Waals surface area contributed by atoms with Crippen LogP contribution >= 0.6 is 24.0 Å². The van der Waals surface area contributed by atoms with E-state index in [0.717, 1.165) is 25.7 Å². The number of nitrogens with one attached hydrogen (secondary N) is 2. The molecule has 7 heteroatoms. The minimum absolute atomic E-state index is 0. The zero-order valence-electron chi connectivity index (χ0n) is 12.9. The SMILES string of the molecule is Cl.NC1CCCC(C(=O)NCCNC(=O)c2ccc(Cl)cc2)C1. The third-order valence-electron chi connectivity index (χ3n) is 3.90. The molecule has 128 valence electrons. The summed E-state index contributed by atoms with van der Waals surface area (Å²) in [6, 6.07) is 6.81. The number of halogens is 2. The van der Waals surface area contributed by atoms with Crippen molar-refractivity contribution >= 4 is 35.8 Å². The molecular formula is C16H23Cl2N3O2. The molecule has 1 aromatic rings. The van der Waals surface area contributed by atoms with E-state index in [1.807, 2.05) is 0 Å². The van der Waals surface area contributed by atoms with Gasteiger partial charge in [-0.05, 0) is 43.5 Å². The molecule has 0 saturated heterocycles. The van der Waals surface area contributed by atoms with Crippen molar-refractivity contribution in [3.8, 4) is 0 Å². The zero-order chi connectivity index (χ0) is 15.9. The highest BCUT2D eigenvalue weighted by atomic mass is 35.5. The molecule has 2 atom stereocenters. The van der Waals surface area contributed by atoms with E-state index < -0.39 is 0 Å². The summed E-state index contributed by atoms with van der Waals surface area (Å²) < 4.78 is 0. The van der Waals surface area contributed by atoms with Gasteiger partial charge >= 0.3 is 0 Å². The maximum Gasteiger partial charge on any atom is 0.251 e. The Bertz CT molecular complexity index is 523. The molecule has 0 aliphatic heterocycles. The van der Waals surface area contributed by atoms with Crippen LogP contribution in [0.4, 0.5) is 0 Å². The van der Waals surface area contributed by atoms with Gasteiger partial charge in [-0.1, -0.05) is 18.0 Å². The quantitative estimate of drug-likeness (QED) is 0.704. The number of amides is 2. The van der Waals surface area contributed by atoms with Crippen LogP contribution in [0.25, 0.3) is 0 Å². The molecule has 0 aromatic heterocycles. The summed E-state index contributed by atoms with van der Waals surface area (Å²) in [4.78, 5) is 23.9. The van der Waals surface area contributed by atoms with Gasteiger partial charge in [0.2, 0.25) is 5.91 Å². The van der Waals surface area contributed by atoms with Gasteiger partial charge in [0.25, 0.3) is 5.91 Å². The lowest BCUT2D eigenvalue weighted by atomic mass is 9.85. The van der Waals surface area contributed by atoms with Crippen molar-refractivity contribution in [1.82, 2.24) is 10.6 Å². The molecule has 1 aliphatic rings. The first-order valence-electron chi connectivity index (χ1n) is 7.63. The lowest BCUT2D eigenvalue weighted by Crippen LogP contribution is -2.40. The monoisotopic (exact) mass is 359 g/mol. The first kappa shape index (κ1) is 19.7. The third kappa shape index (κ3) is 6.37. The standard InChI is InChI=1S/C16H22ClN3O2.ClH/c17-13-6-4-11(5-7-13)15(21)19-8-9-20-16(22)12-2-1-3-14(18)10-12;/h4-7,12,14H,1-3,8-10,18H2,(H,19,21)(H,20,22);1H. The topological polar surface area (TPSA) is 84.2 Å². The molecule has 2 amide bonds. The summed E-state index contributed by atoms with van der Waals surface area (Å²) in [5, 5.41) is 6.21. The lowest BCUT2D eigenvalue weighted by Gasteiger charge is -2.25. The number of carbonyl (C=O) groups is 2. The van der Waals surface area contributed by atoms with Gasteiger partial charge in [0.1, 0.15) is 0 Å². The van der Waals surface area contributed by atoms with Crippen molar-refractivity contribution in [1.29, 1.82) is 0 Å². The van der Waals surface area contributed by atoms with Crippen LogP contribution in [-0.4, -0.2) is 30.9 Å². The van der Waals surface area contributed by atoms with Crippen molar-refractivity contribution in [3.63, 3.8) is 0 Å². The molecule has 23 heavy (non-hydrogen) atoms. The molecular weight excluding hydrogens is 337 g/mol. The van der Waals surface area contributed by atoms with Crippen LogP contribution in [0.15, 0.2) is 24.3 Å². The van der Waals surface area contributed by atoms with Gasteiger partial charge in [0.15, 0.2) is 0 Å². The highest BCUT2D eigenvalue weighted by Crippen LogP contribution is 2.22. The minimum atomic E-state index is -0.175. The number of nitrogens with two attached hydrogens (primary N) is 1. The second-order valence-electron chi connectivity index (χ2n) is 5.68. The Balaban J connectivity index is 0.00000264. The molecule has 0 heterocycles. The van der Waals surface area contributed by atoms with E-state index in [1.54, 1.807) is 24.3 Å². The van der Waals surface area contributed by atoms with Gasteiger partial charge in [-0.25, -0.2) is 0 Å². The van der Waals surface area contributed by atoms with E-state index in [4.69, 9.17) is 17.3 Å². The number of hydrogen-bond acceptors (Lipinski definition) is 3. The Morgan fingerprint density at radius 2 is 1.78 bits per heavy atom. The summed E-state index contributed by atoms with van der Waals surface area (Å²) in [5.74, 6) is -0.128. The molecule has 1 saturated carbocycles. The van der Waals surface area contributed by atoms with E-state index in [-0.39, 0.29) is 36.2 Å². The normalized spacial score (nSPS) is 20.3. The Morgan fingerprint density at radius 1 is 1.13 bits per heavy atom. The van der Waals surface area contributed by atoms with Crippen molar-refractivity contribution in [2.24, 2.45) is 11.7 Å². The van der Waals surface area contributed by atoms with Crippen LogP contribution in [0, 0.1) is 5.92 Å². The van der Waals surface area contributed by atoms with Gasteiger partial charge < -0.3 is 16.4 Å². The van der Waals surface area contributed by atoms with Crippen LogP contribution in [0.2, 0.25) is 5.02 Å². The summed E-state index contributed by atoms with van der Waals surface area (Å²) >= 11 is 5.77. The molecule has 1 fully saturated rings. The fraction of sp³-hybridized carbons (Fsp3) is 0.500. The number of carbonyl (C=O) groups excluding carboxylic acids is 2. The summed E-state index contributed by atoms with van der Waals surface area (Å²) in [6.07, 6.45) is 3.66. The lowest BCUT2D eigenvalue weighted by molar-refractivity contribution is -0.126. The molecule has 0 bridgehead atoms. The maximum absolute atomic E-state index is 12.0. The average Bonchev–Trinajstić information content (AvgIpc) is 2.51. The van der Waals surface area contributed by atoms with Gasteiger partial charge in [-0.15, -0.1) is 12.4 Å². The second-order valence-corrected chi connectivity index (χ2v) is 6.11. The van der Waals surface area contributed by atoms with Crippen LogP contribution in [0.1, 0.15) is 36.0 Å². The molecule has 2 unspecified atom stereocenters. The molecule has 0 radical (unpaired) electrons. The van der Waals surface area contributed by atoms with E-state index in [1.165, 1.54) is 0 Å². The molecule has 0 spiro atoms. The predicted molar refractivity (Wildman–Crippen MR) is 94.0 cm³/mol. The molecule has 5 nitrogen and oxygen atoms in total. The number of benzene rings is 1. The van der Waals surface area contributed by atoms with Gasteiger partial charge in [0, 0.05) is 35.6 Å². The number of rotatable bonds is 5. The van der Waals surface area contributed by atoms with Crippen molar-refractivity contribution in [3.05, 3.63) is 34.9 Å². The van der Waals surface area contributed by atoms with Crippen molar-refractivity contribution in [2.75, 3.05) is 13.1 Å². The van der Waals surface area contributed by atoms with Crippen molar-refractivity contribution in [2.45, 2.75) is 31.7 Å². The Labute approximate surface area is 147 Å². The first-order valence-corrected chi connectivity index (χ1v) is 8.01. The first-order chi connectivity index (χ1) is 10.6. The van der Waals surface area contributed by atoms with E-state index in [9.17, 15) is 9.59 Å². The van der Waals surface area contributed by atoms with Crippen LogP contribution in [0.3, 0.4) is 0 Å². The number of hydrogen-bond donors (Lipinski definition) is 3. The maximum atomic E-state index is 12.0. The third-order valence-corrected chi connectivity index (χ3v) is 4.15. The van der Waals surface area contributed by atoms with Gasteiger partial charge in [-0.3, -0.25) is 9.59 Å². The fourth-order valence-electron chi connectivity index (χ4n) is 2.68. The predicted octanol–water partition coefficient (Wildman–Crippen LogP) is 2.13. The summed E-state index contributed by atoms with van der Waals surface area (Å²) in [7, 11) is 0. The van der Waals surface area contributed by atoms with E-state index >= 15 is 0 Å². The van der Waals surface area contributed by atoms with E-state index in [2.05, 4.69) is 10.6 Å². The average molecular weight is 360 g/mol. The Morgan fingerprint density at radius 3 is 2.43 bits per heavy atom. The zero-order valence-corrected chi connectivity index (χ0v) is 14.5. The Hall–Kier alpha value is -1.30.